The van der Waals surface area contributed by atoms with E-state index in [0.29, 0.717) is 12.6 Å². The number of urea groups is 1. The van der Waals surface area contributed by atoms with E-state index >= 15 is 0 Å². The van der Waals surface area contributed by atoms with Gasteiger partial charge in [0.2, 0.25) is 15.9 Å². The minimum Gasteiger partial charge on any atom is -0.338 e. The second-order valence-electron chi connectivity index (χ2n) is 6.51. The SMILES string of the molecule is CCCNC(=O)NC(=O)CN1CCN(S(=O)(=O)c2cccc(C(F)(F)F)c2)CC1. The Morgan fingerprint density at radius 1 is 1.14 bits per heavy atom. The lowest BCUT2D eigenvalue weighted by Crippen LogP contribution is -2.52. The molecule has 1 aliphatic rings. The van der Waals surface area contributed by atoms with E-state index in [1.807, 2.05) is 6.92 Å². The van der Waals surface area contributed by atoms with Gasteiger partial charge < -0.3 is 5.32 Å². The van der Waals surface area contributed by atoms with E-state index in [4.69, 9.17) is 0 Å². The Morgan fingerprint density at radius 2 is 1.79 bits per heavy atom. The third-order valence-electron chi connectivity index (χ3n) is 4.29. The van der Waals surface area contributed by atoms with Crippen LogP contribution in [0.3, 0.4) is 0 Å². The molecule has 162 valence electrons. The molecular formula is C17H23F3N4O4S. The molecule has 2 N–H and O–H groups in total. The highest BCUT2D eigenvalue weighted by molar-refractivity contribution is 7.89. The normalized spacial score (nSPS) is 16.4. The van der Waals surface area contributed by atoms with Gasteiger partial charge in [0.15, 0.2) is 0 Å². The van der Waals surface area contributed by atoms with Crippen LogP contribution in [0, 0.1) is 0 Å². The first-order valence-corrected chi connectivity index (χ1v) is 10.5. The standard InChI is InChI=1S/C17H23F3N4O4S/c1-2-6-21-16(26)22-15(25)12-23-7-9-24(10-8-23)29(27,28)14-5-3-4-13(11-14)17(18,19)20/h3-5,11H,2,6-10,12H2,1H3,(H2,21,22,25,26). The molecule has 1 aliphatic heterocycles. The largest absolute Gasteiger partial charge is 0.416 e. The molecule has 0 unspecified atom stereocenters. The minimum absolute atomic E-state index is 0.0217. The smallest absolute Gasteiger partial charge is 0.338 e. The van der Waals surface area contributed by atoms with Gasteiger partial charge in [0.1, 0.15) is 0 Å². The number of hydrogen-bond donors (Lipinski definition) is 2. The second kappa shape index (κ2) is 9.55. The van der Waals surface area contributed by atoms with Gasteiger partial charge in [0.25, 0.3) is 0 Å². The number of rotatable bonds is 6. The van der Waals surface area contributed by atoms with E-state index in [0.717, 1.165) is 28.9 Å². The number of alkyl halides is 3. The molecule has 0 aliphatic carbocycles. The van der Waals surface area contributed by atoms with Gasteiger partial charge in [-0.1, -0.05) is 13.0 Å². The van der Waals surface area contributed by atoms with Crippen molar-refractivity contribution in [1.29, 1.82) is 0 Å². The number of piperazine rings is 1. The average Bonchev–Trinajstić information content (AvgIpc) is 2.66. The van der Waals surface area contributed by atoms with E-state index in [1.54, 1.807) is 4.90 Å². The van der Waals surface area contributed by atoms with Crippen LogP contribution in [0.2, 0.25) is 0 Å². The summed E-state index contributed by atoms with van der Waals surface area (Å²) in [6.07, 6.45) is -3.91. The number of amides is 3. The molecule has 0 atom stereocenters. The summed E-state index contributed by atoms with van der Waals surface area (Å²) in [6, 6.07) is 3.01. The van der Waals surface area contributed by atoms with E-state index in [9.17, 15) is 31.2 Å². The highest BCUT2D eigenvalue weighted by Crippen LogP contribution is 2.31. The quantitative estimate of drug-likeness (QED) is 0.699. The maximum Gasteiger partial charge on any atom is 0.416 e. The summed E-state index contributed by atoms with van der Waals surface area (Å²) in [5.41, 5.74) is -1.03. The molecule has 0 bridgehead atoms. The van der Waals surface area contributed by atoms with E-state index in [2.05, 4.69) is 10.6 Å². The summed E-state index contributed by atoms with van der Waals surface area (Å²) in [7, 11) is -4.08. The molecule has 0 saturated carbocycles. The Kier molecular flexibility index (Phi) is 7.60. The fourth-order valence-corrected chi connectivity index (χ4v) is 4.23. The fraction of sp³-hybridized carbons (Fsp3) is 0.529. The molecule has 1 aromatic rings. The van der Waals surface area contributed by atoms with Crippen molar-refractivity contribution in [2.45, 2.75) is 24.4 Å². The third kappa shape index (κ3) is 6.41. The van der Waals surface area contributed by atoms with Crippen LogP contribution < -0.4 is 10.6 Å². The highest BCUT2D eigenvalue weighted by atomic mass is 32.2. The first kappa shape index (κ1) is 23.1. The molecule has 0 radical (unpaired) electrons. The summed E-state index contributed by atoms with van der Waals surface area (Å²) in [5, 5.41) is 4.68. The third-order valence-corrected chi connectivity index (χ3v) is 6.18. The Labute approximate surface area is 167 Å². The summed E-state index contributed by atoms with van der Waals surface area (Å²) < 4.78 is 64.9. The second-order valence-corrected chi connectivity index (χ2v) is 8.45. The van der Waals surface area contributed by atoms with Crippen LogP contribution in [0.25, 0.3) is 0 Å². The summed E-state index contributed by atoms with van der Waals surface area (Å²) in [4.78, 5) is 24.6. The molecule has 0 aromatic heterocycles. The number of benzene rings is 1. The zero-order valence-corrected chi connectivity index (χ0v) is 16.6. The van der Waals surface area contributed by atoms with Gasteiger partial charge in [-0.15, -0.1) is 0 Å². The van der Waals surface area contributed by atoms with E-state index in [1.165, 1.54) is 0 Å². The van der Waals surface area contributed by atoms with Crippen LogP contribution in [-0.4, -0.2) is 68.8 Å². The highest BCUT2D eigenvalue weighted by Gasteiger charge is 2.34. The molecular weight excluding hydrogens is 413 g/mol. The molecule has 3 amide bonds. The van der Waals surface area contributed by atoms with Gasteiger partial charge in [-0.3, -0.25) is 15.0 Å². The molecule has 1 saturated heterocycles. The minimum atomic E-state index is -4.64. The van der Waals surface area contributed by atoms with Crippen LogP contribution in [0.5, 0.6) is 0 Å². The summed E-state index contributed by atoms with van der Waals surface area (Å²) in [6.45, 7) is 2.68. The molecule has 1 fully saturated rings. The number of carbonyl (C=O) groups is 2. The topological polar surface area (TPSA) is 98.8 Å². The molecule has 1 heterocycles. The zero-order valence-electron chi connectivity index (χ0n) is 15.8. The van der Waals surface area contributed by atoms with Crippen molar-refractivity contribution in [2.24, 2.45) is 0 Å². The monoisotopic (exact) mass is 436 g/mol. The van der Waals surface area contributed by atoms with Crippen molar-refractivity contribution in [3.63, 3.8) is 0 Å². The van der Waals surface area contributed by atoms with Gasteiger partial charge >= 0.3 is 12.2 Å². The molecule has 0 spiro atoms. The van der Waals surface area contributed by atoms with Gasteiger partial charge in [-0.2, -0.15) is 17.5 Å². The number of halogens is 3. The fourth-order valence-electron chi connectivity index (χ4n) is 2.76. The van der Waals surface area contributed by atoms with Gasteiger partial charge in [-0.25, -0.2) is 13.2 Å². The van der Waals surface area contributed by atoms with Crippen molar-refractivity contribution in [1.82, 2.24) is 19.8 Å². The number of carbonyl (C=O) groups excluding carboxylic acids is 2. The van der Waals surface area contributed by atoms with Crippen molar-refractivity contribution in [3.05, 3.63) is 29.8 Å². The summed E-state index contributed by atoms with van der Waals surface area (Å²) >= 11 is 0. The Hall–Kier alpha value is -2.18. The predicted molar refractivity (Wildman–Crippen MR) is 98.5 cm³/mol. The molecule has 12 heteroatoms. The lowest BCUT2D eigenvalue weighted by Gasteiger charge is -2.33. The molecule has 29 heavy (non-hydrogen) atoms. The van der Waals surface area contributed by atoms with E-state index in [-0.39, 0.29) is 32.7 Å². The average molecular weight is 436 g/mol. The first-order valence-electron chi connectivity index (χ1n) is 9.01. The first-order chi connectivity index (χ1) is 13.5. The van der Waals surface area contributed by atoms with E-state index < -0.39 is 38.6 Å². The number of nitrogens with zero attached hydrogens (tertiary/aromatic N) is 2. The van der Waals surface area contributed by atoms with Crippen molar-refractivity contribution in [2.75, 3.05) is 39.3 Å². The predicted octanol–water partition coefficient (Wildman–Crippen LogP) is 1.25. The van der Waals surface area contributed by atoms with Crippen molar-refractivity contribution in [3.8, 4) is 0 Å². The zero-order chi connectivity index (χ0) is 21.7. The van der Waals surface area contributed by atoms with Gasteiger partial charge in [0.05, 0.1) is 17.0 Å². The van der Waals surface area contributed by atoms with Crippen LogP contribution in [-0.2, 0) is 21.0 Å². The maximum absolute atomic E-state index is 12.8. The summed E-state index contributed by atoms with van der Waals surface area (Å²) in [5.74, 6) is -0.521. The molecule has 1 aromatic carbocycles. The van der Waals surface area contributed by atoms with Gasteiger partial charge in [0, 0.05) is 32.7 Å². The Bertz CT molecular complexity index is 837. The van der Waals surface area contributed by atoms with Crippen molar-refractivity contribution >= 4 is 22.0 Å². The van der Waals surface area contributed by atoms with Crippen LogP contribution in [0.4, 0.5) is 18.0 Å². The van der Waals surface area contributed by atoms with Crippen molar-refractivity contribution < 1.29 is 31.2 Å². The number of nitrogens with one attached hydrogen (secondary N) is 2. The lowest BCUT2D eigenvalue weighted by atomic mass is 10.2. The molecule has 2 rings (SSSR count). The molecule has 8 nitrogen and oxygen atoms in total. The van der Waals surface area contributed by atoms with Gasteiger partial charge in [-0.05, 0) is 24.6 Å². The Balaban J connectivity index is 1.93. The number of hydrogen-bond acceptors (Lipinski definition) is 5. The number of sulfonamides is 1. The van der Waals surface area contributed by atoms with Crippen LogP contribution in [0.15, 0.2) is 29.2 Å². The lowest BCUT2D eigenvalue weighted by molar-refractivity contribution is -0.137. The number of imide groups is 1. The van der Waals surface area contributed by atoms with Crippen LogP contribution in [0.1, 0.15) is 18.9 Å². The Morgan fingerprint density at radius 3 is 2.38 bits per heavy atom. The van der Waals surface area contributed by atoms with Crippen LogP contribution >= 0.6 is 0 Å². The maximum atomic E-state index is 12.8.